The third-order valence-electron chi connectivity index (χ3n) is 5.21. The second kappa shape index (κ2) is 8.18. The van der Waals surface area contributed by atoms with Crippen LogP contribution >= 0.6 is 0 Å². The molecule has 0 radical (unpaired) electrons. The zero-order chi connectivity index (χ0) is 19.4. The summed E-state index contributed by atoms with van der Waals surface area (Å²) in [5.41, 5.74) is 22.9. The number of rotatable bonds is 7. The molecule has 0 aromatic heterocycles. The van der Waals surface area contributed by atoms with Gasteiger partial charge in [-0.15, -0.1) is 0 Å². The van der Waals surface area contributed by atoms with E-state index >= 15 is 0 Å². The number of hydrogen-bond acceptors (Lipinski definition) is 5. The Labute approximate surface area is 161 Å². The lowest BCUT2D eigenvalue weighted by Crippen LogP contribution is -2.38. The van der Waals surface area contributed by atoms with Gasteiger partial charge in [0.25, 0.3) is 0 Å². The molecular formula is C22H29N5. The van der Waals surface area contributed by atoms with Crippen LogP contribution in [0.2, 0.25) is 0 Å². The van der Waals surface area contributed by atoms with Gasteiger partial charge in [0.1, 0.15) is 0 Å². The van der Waals surface area contributed by atoms with E-state index in [1.165, 1.54) is 0 Å². The fraction of sp³-hybridized carbons (Fsp3) is 0.273. The number of nitrogen functional groups attached to an aromatic ring is 1. The fourth-order valence-electron chi connectivity index (χ4n) is 3.71. The predicted molar refractivity (Wildman–Crippen MR) is 112 cm³/mol. The third-order valence-corrected chi connectivity index (χ3v) is 5.21. The zero-order valence-corrected chi connectivity index (χ0v) is 15.7. The Balaban J connectivity index is 1.91. The van der Waals surface area contributed by atoms with Gasteiger partial charge >= 0.3 is 0 Å². The van der Waals surface area contributed by atoms with Crippen LogP contribution in [0.5, 0.6) is 0 Å². The van der Waals surface area contributed by atoms with Crippen molar-refractivity contribution in [3.63, 3.8) is 0 Å². The molecule has 2 aromatic carbocycles. The minimum atomic E-state index is -0.0981. The Kier molecular flexibility index (Phi) is 5.72. The molecule has 142 valence electrons. The summed E-state index contributed by atoms with van der Waals surface area (Å²) >= 11 is 0. The number of anilines is 1. The van der Waals surface area contributed by atoms with Crippen molar-refractivity contribution < 1.29 is 0 Å². The summed E-state index contributed by atoms with van der Waals surface area (Å²) in [6.07, 6.45) is 2.08. The summed E-state index contributed by atoms with van der Waals surface area (Å²) in [6.45, 7) is 9.64. The Hall–Kier alpha value is -2.92. The lowest BCUT2D eigenvalue weighted by atomic mass is 9.95. The molecule has 5 heteroatoms. The maximum absolute atomic E-state index is 6.29. The van der Waals surface area contributed by atoms with Crippen molar-refractivity contribution in [1.29, 1.82) is 0 Å². The Morgan fingerprint density at radius 1 is 1.15 bits per heavy atom. The van der Waals surface area contributed by atoms with Gasteiger partial charge < -0.3 is 27.4 Å². The van der Waals surface area contributed by atoms with E-state index in [9.17, 15) is 0 Å². The molecule has 0 spiro atoms. The molecular weight excluding hydrogens is 334 g/mol. The molecule has 0 amide bonds. The molecule has 1 fully saturated rings. The van der Waals surface area contributed by atoms with Crippen LogP contribution in [0, 0.1) is 0 Å². The lowest BCUT2D eigenvalue weighted by molar-refractivity contribution is 0.338. The average molecular weight is 364 g/mol. The molecule has 3 rings (SSSR count). The Bertz CT molecular complexity index is 812. The minimum Gasteiger partial charge on any atom is -0.398 e. The second-order valence-corrected chi connectivity index (χ2v) is 7.02. The van der Waals surface area contributed by atoms with Crippen LogP contribution < -0.4 is 22.5 Å². The number of likely N-dealkylation sites (tertiary alicyclic amines) is 1. The quantitative estimate of drug-likeness (QED) is 0.568. The Morgan fingerprint density at radius 3 is 2.48 bits per heavy atom. The van der Waals surface area contributed by atoms with Crippen molar-refractivity contribution in [1.82, 2.24) is 10.2 Å². The first-order chi connectivity index (χ1) is 13.0. The topological polar surface area (TPSA) is 93.3 Å². The maximum atomic E-state index is 6.29. The van der Waals surface area contributed by atoms with Crippen LogP contribution in [0.1, 0.15) is 35.6 Å². The smallest absolute Gasteiger partial charge is 0.0917 e. The number of benzene rings is 2. The first-order valence-corrected chi connectivity index (χ1v) is 9.31. The molecule has 1 saturated heterocycles. The first-order valence-electron chi connectivity index (χ1n) is 9.31. The van der Waals surface area contributed by atoms with Crippen LogP contribution in [-0.2, 0) is 6.54 Å². The van der Waals surface area contributed by atoms with Crippen LogP contribution in [0.3, 0.4) is 0 Å². The molecule has 2 atom stereocenters. The van der Waals surface area contributed by atoms with Crippen LogP contribution in [0.25, 0.3) is 0 Å². The SMILES string of the molecule is C=C(NC(c1ccc(CN)cc1)c1ccccc1N)C1CCCN1C(=C)N. The normalized spacial score (nSPS) is 17.5. The molecule has 2 unspecified atom stereocenters. The lowest BCUT2D eigenvalue weighted by Gasteiger charge is -2.31. The van der Waals surface area contributed by atoms with Gasteiger partial charge in [-0.25, -0.2) is 0 Å². The van der Waals surface area contributed by atoms with Gasteiger partial charge in [-0.1, -0.05) is 55.6 Å². The largest absolute Gasteiger partial charge is 0.398 e. The minimum absolute atomic E-state index is 0.0981. The van der Waals surface area contributed by atoms with Gasteiger partial charge in [-0.05, 0) is 30.0 Å². The van der Waals surface area contributed by atoms with E-state index in [2.05, 4.69) is 47.6 Å². The summed E-state index contributed by atoms with van der Waals surface area (Å²) < 4.78 is 0. The standard InChI is InChI=1S/C22H29N5/c1-15(21-8-5-13-27(21)16(2)24)26-22(19-6-3-4-7-20(19)25)18-11-9-17(14-23)10-12-18/h3-4,6-7,9-12,21-22,26H,1-2,5,8,13-14,23-25H2. The molecule has 0 saturated carbocycles. The Morgan fingerprint density at radius 2 is 1.85 bits per heavy atom. The van der Waals surface area contributed by atoms with Crippen molar-refractivity contribution >= 4 is 5.69 Å². The third kappa shape index (κ3) is 4.09. The first kappa shape index (κ1) is 18.9. The van der Waals surface area contributed by atoms with Crippen molar-refractivity contribution in [3.05, 3.63) is 89.9 Å². The van der Waals surface area contributed by atoms with Gasteiger partial charge in [0.15, 0.2) is 0 Å². The summed E-state index contributed by atoms with van der Waals surface area (Å²) in [6, 6.07) is 16.2. The molecule has 0 aliphatic carbocycles. The van der Waals surface area contributed by atoms with Gasteiger partial charge in [-0.3, -0.25) is 0 Å². The summed E-state index contributed by atoms with van der Waals surface area (Å²) in [7, 11) is 0. The van der Waals surface area contributed by atoms with Gasteiger partial charge in [0, 0.05) is 30.0 Å². The highest BCUT2D eigenvalue weighted by Crippen LogP contribution is 2.31. The fourth-order valence-corrected chi connectivity index (χ4v) is 3.71. The van der Waals surface area contributed by atoms with E-state index in [1.807, 2.05) is 24.3 Å². The molecule has 2 aromatic rings. The molecule has 7 N–H and O–H groups in total. The van der Waals surface area contributed by atoms with Gasteiger partial charge in [0.05, 0.1) is 17.9 Å². The second-order valence-electron chi connectivity index (χ2n) is 7.02. The summed E-state index contributed by atoms with van der Waals surface area (Å²) in [5.74, 6) is 0.587. The predicted octanol–water partition coefficient (Wildman–Crippen LogP) is 2.81. The van der Waals surface area contributed by atoms with Crippen molar-refractivity contribution in [2.45, 2.75) is 31.5 Å². The highest BCUT2D eigenvalue weighted by molar-refractivity contribution is 5.52. The average Bonchev–Trinajstić information content (AvgIpc) is 3.17. The number of hydrogen-bond donors (Lipinski definition) is 4. The summed E-state index contributed by atoms with van der Waals surface area (Å²) in [4.78, 5) is 2.11. The van der Waals surface area contributed by atoms with Crippen molar-refractivity contribution in [2.75, 3.05) is 12.3 Å². The van der Waals surface area contributed by atoms with Crippen molar-refractivity contribution in [2.24, 2.45) is 11.5 Å². The van der Waals surface area contributed by atoms with Crippen molar-refractivity contribution in [3.8, 4) is 0 Å². The highest BCUT2D eigenvalue weighted by atomic mass is 15.3. The maximum Gasteiger partial charge on any atom is 0.0917 e. The number of para-hydroxylation sites is 1. The van der Waals surface area contributed by atoms with E-state index in [-0.39, 0.29) is 12.1 Å². The van der Waals surface area contributed by atoms with Crippen LogP contribution in [0.15, 0.2) is 73.2 Å². The van der Waals surface area contributed by atoms with Gasteiger partial charge in [-0.2, -0.15) is 0 Å². The molecule has 0 bridgehead atoms. The van der Waals surface area contributed by atoms with Gasteiger partial charge in [0.2, 0.25) is 0 Å². The van der Waals surface area contributed by atoms with E-state index in [4.69, 9.17) is 17.2 Å². The number of nitrogens with one attached hydrogen (secondary N) is 1. The molecule has 1 heterocycles. The van der Waals surface area contributed by atoms with Crippen LogP contribution in [-0.4, -0.2) is 17.5 Å². The van der Waals surface area contributed by atoms with E-state index in [0.717, 1.165) is 47.5 Å². The zero-order valence-electron chi connectivity index (χ0n) is 15.7. The molecule has 27 heavy (non-hydrogen) atoms. The van der Waals surface area contributed by atoms with E-state index < -0.39 is 0 Å². The van der Waals surface area contributed by atoms with E-state index in [1.54, 1.807) is 0 Å². The number of nitrogens with two attached hydrogens (primary N) is 3. The molecule has 1 aliphatic heterocycles. The number of nitrogens with zero attached hydrogens (tertiary/aromatic N) is 1. The van der Waals surface area contributed by atoms with Crippen LogP contribution in [0.4, 0.5) is 5.69 Å². The summed E-state index contributed by atoms with van der Waals surface area (Å²) in [5, 5.41) is 3.61. The van der Waals surface area contributed by atoms with E-state index in [0.29, 0.717) is 12.4 Å². The highest BCUT2D eigenvalue weighted by Gasteiger charge is 2.29. The molecule has 1 aliphatic rings. The molecule has 5 nitrogen and oxygen atoms in total. The monoisotopic (exact) mass is 363 g/mol.